The summed E-state index contributed by atoms with van der Waals surface area (Å²) in [6.45, 7) is 0.506. The molecule has 0 aliphatic heterocycles. The Kier molecular flexibility index (Phi) is 3.19. The van der Waals surface area contributed by atoms with E-state index < -0.39 is 5.82 Å². The van der Waals surface area contributed by atoms with Gasteiger partial charge in [-0.1, -0.05) is 0 Å². The molecule has 0 aromatic heterocycles. The fourth-order valence-electron chi connectivity index (χ4n) is 2.63. The highest BCUT2D eigenvalue weighted by atomic mass is 19.1. The molecule has 2 N–H and O–H groups in total. The first-order valence-corrected chi connectivity index (χ1v) is 5.81. The lowest BCUT2D eigenvalue weighted by atomic mass is 9.88. The monoisotopic (exact) mass is 240 g/mol. The van der Waals surface area contributed by atoms with Crippen LogP contribution >= 0.6 is 0 Å². The van der Waals surface area contributed by atoms with Gasteiger partial charge in [-0.3, -0.25) is 0 Å². The van der Waals surface area contributed by atoms with Gasteiger partial charge in [0.25, 0.3) is 0 Å². The highest BCUT2D eigenvalue weighted by Gasteiger charge is 2.50. The van der Waals surface area contributed by atoms with Crippen LogP contribution in [-0.4, -0.2) is 25.5 Å². The van der Waals surface area contributed by atoms with Crippen LogP contribution in [-0.2, 0) is 0 Å². The van der Waals surface area contributed by atoms with Crippen molar-refractivity contribution in [3.8, 4) is 0 Å². The number of hydrogen-bond donors (Lipinski definition) is 1. The summed E-state index contributed by atoms with van der Waals surface area (Å²) in [7, 11) is 3.76. The molecule has 1 aliphatic rings. The molecule has 1 atom stereocenters. The van der Waals surface area contributed by atoms with Crippen molar-refractivity contribution in [1.82, 2.24) is 4.90 Å². The molecule has 2 nitrogen and oxygen atoms in total. The summed E-state index contributed by atoms with van der Waals surface area (Å²) in [5.74, 6) is -0.758. The van der Waals surface area contributed by atoms with E-state index in [4.69, 9.17) is 5.73 Å². The van der Waals surface area contributed by atoms with E-state index in [-0.39, 0.29) is 17.3 Å². The zero-order valence-corrected chi connectivity index (χ0v) is 10.2. The Bertz CT molecular complexity index is 414. The Hall–Kier alpha value is -1.00. The van der Waals surface area contributed by atoms with Crippen molar-refractivity contribution in [2.24, 2.45) is 11.1 Å². The molecule has 1 aromatic rings. The van der Waals surface area contributed by atoms with Crippen LogP contribution in [0.3, 0.4) is 0 Å². The molecule has 1 saturated carbocycles. The minimum absolute atomic E-state index is 0.0852. The smallest absolute Gasteiger partial charge is 0.128 e. The van der Waals surface area contributed by atoms with E-state index in [2.05, 4.69) is 0 Å². The Balaban J connectivity index is 2.43. The van der Waals surface area contributed by atoms with Gasteiger partial charge in [-0.25, -0.2) is 8.78 Å². The maximum Gasteiger partial charge on any atom is 0.128 e. The lowest BCUT2D eigenvalue weighted by molar-refractivity contribution is 0.193. The SMILES string of the molecule is CN(C)C(c1cc(F)ccc1F)C1(CN)CC1. The van der Waals surface area contributed by atoms with E-state index in [9.17, 15) is 8.78 Å². The molecule has 1 unspecified atom stereocenters. The molecule has 4 heteroatoms. The summed E-state index contributed by atoms with van der Waals surface area (Å²) in [5.41, 5.74) is 6.12. The molecule has 1 fully saturated rings. The van der Waals surface area contributed by atoms with Crippen LogP contribution in [0.4, 0.5) is 8.78 Å². The highest BCUT2D eigenvalue weighted by Crippen LogP contribution is 2.56. The maximum atomic E-state index is 13.8. The van der Waals surface area contributed by atoms with Crippen molar-refractivity contribution in [1.29, 1.82) is 0 Å². The predicted molar refractivity (Wildman–Crippen MR) is 63.5 cm³/mol. The largest absolute Gasteiger partial charge is 0.330 e. The molecule has 17 heavy (non-hydrogen) atoms. The van der Waals surface area contributed by atoms with Crippen molar-refractivity contribution in [2.45, 2.75) is 18.9 Å². The first kappa shape index (κ1) is 12.5. The summed E-state index contributed by atoms with van der Waals surface area (Å²) in [6.07, 6.45) is 1.95. The first-order valence-electron chi connectivity index (χ1n) is 5.81. The minimum atomic E-state index is -0.402. The zero-order valence-electron chi connectivity index (χ0n) is 10.2. The molecule has 2 rings (SSSR count). The van der Waals surface area contributed by atoms with Crippen LogP contribution in [0, 0.1) is 17.0 Å². The number of nitrogens with two attached hydrogens (primary N) is 1. The van der Waals surface area contributed by atoms with E-state index in [0.29, 0.717) is 12.1 Å². The number of nitrogens with zero attached hydrogens (tertiary/aromatic N) is 1. The van der Waals surface area contributed by atoms with Crippen molar-refractivity contribution in [3.05, 3.63) is 35.4 Å². The zero-order chi connectivity index (χ0) is 12.6. The quantitative estimate of drug-likeness (QED) is 0.875. The van der Waals surface area contributed by atoms with Crippen molar-refractivity contribution in [3.63, 3.8) is 0 Å². The molecule has 0 radical (unpaired) electrons. The molecule has 0 amide bonds. The lowest BCUT2D eigenvalue weighted by Gasteiger charge is -2.32. The van der Waals surface area contributed by atoms with Gasteiger partial charge in [-0.05, 0) is 51.7 Å². The van der Waals surface area contributed by atoms with Gasteiger partial charge in [0.1, 0.15) is 11.6 Å². The molecule has 0 heterocycles. The fraction of sp³-hybridized carbons (Fsp3) is 0.538. The third-order valence-electron chi connectivity index (χ3n) is 3.65. The molecule has 0 saturated heterocycles. The normalized spacial score (nSPS) is 19.4. The van der Waals surface area contributed by atoms with Crippen LogP contribution < -0.4 is 5.73 Å². The van der Waals surface area contributed by atoms with Gasteiger partial charge < -0.3 is 10.6 Å². The Morgan fingerprint density at radius 2 is 2.00 bits per heavy atom. The van der Waals surface area contributed by atoms with Crippen molar-refractivity contribution in [2.75, 3.05) is 20.6 Å². The molecule has 1 aliphatic carbocycles. The summed E-state index contributed by atoms with van der Waals surface area (Å²) < 4.78 is 27.1. The predicted octanol–water partition coefficient (Wildman–Crippen LogP) is 2.31. The van der Waals surface area contributed by atoms with Gasteiger partial charge >= 0.3 is 0 Å². The number of rotatable bonds is 4. The Labute approximate surface area is 100 Å². The van der Waals surface area contributed by atoms with E-state index >= 15 is 0 Å². The van der Waals surface area contributed by atoms with Crippen LogP contribution in [0.1, 0.15) is 24.4 Å². The summed E-state index contributed by atoms with van der Waals surface area (Å²) >= 11 is 0. The molecule has 94 valence electrons. The van der Waals surface area contributed by atoms with Gasteiger partial charge in [0.15, 0.2) is 0 Å². The van der Waals surface area contributed by atoms with Gasteiger partial charge in [0, 0.05) is 17.0 Å². The minimum Gasteiger partial charge on any atom is -0.330 e. The van der Waals surface area contributed by atoms with Crippen LogP contribution in [0.2, 0.25) is 0 Å². The second kappa shape index (κ2) is 4.35. The van der Waals surface area contributed by atoms with Crippen LogP contribution in [0.5, 0.6) is 0 Å². The molecular formula is C13H18F2N2. The highest BCUT2D eigenvalue weighted by molar-refractivity contribution is 5.27. The summed E-state index contributed by atoms with van der Waals surface area (Å²) in [5, 5.41) is 0. The van der Waals surface area contributed by atoms with Gasteiger partial charge in [0.2, 0.25) is 0 Å². The average molecular weight is 240 g/mol. The maximum absolute atomic E-state index is 13.8. The van der Waals surface area contributed by atoms with E-state index in [1.807, 2.05) is 19.0 Å². The first-order chi connectivity index (χ1) is 8.00. The number of halogens is 2. The second-order valence-corrected chi connectivity index (χ2v) is 5.10. The van der Waals surface area contributed by atoms with Gasteiger partial charge in [-0.2, -0.15) is 0 Å². The lowest BCUT2D eigenvalue weighted by Crippen LogP contribution is -2.34. The standard InChI is InChI=1S/C13H18F2N2/c1-17(2)12(13(8-16)5-6-13)10-7-9(14)3-4-11(10)15/h3-4,7,12H,5-6,8,16H2,1-2H3. The Morgan fingerprint density at radius 1 is 1.35 bits per heavy atom. The number of hydrogen-bond acceptors (Lipinski definition) is 2. The summed E-state index contributed by atoms with van der Waals surface area (Å²) in [4.78, 5) is 1.93. The second-order valence-electron chi connectivity index (χ2n) is 5.10. The number of benzene rings is 1. The fourth-order valence-corrected chi connectivity index (χ4v) is 2.63. The van der Waals surface area contributed by atoms with Crippen molar-refractivity contribution >= 4 is 0 Å². The van der Waals surface area contributed by atoms with Crippen molar-refractivity contribution < 1.29 is 8.78 Å². The molecular weight excluding hydrogens is 222 g/mol. The van der Waals surface area contributed by atoms with Crippen LogP contribution in [0.25, 0.3) is 0 Å². The van der Waals surface area contributed by atoms with Gasteiger partial charge in [0.05, 0.1) is 0 Å². The topological polar surface area (TPSA) is 29.3 Å². The molecule has 1 aromatic carbocycles. The third kappa shape index (κ3) is 2.19. The van der Waals surface area contributed by atoms with Crippen LogP contribution in [0.15, 0.2) is 18.2 Å². The summed E-state index contributed by atoms with van der Waals surface area (Å²) in [6, 6.07) is 3.47. The van der Waals surface area contributed by atoms with Gasteiger partial charge in [-0.15, -0.1) is 0 Å². The van der Waals surface area contributed by atoms with E-state index in [0.717, 1.165) is 18.9 Å². The Morgan fingerprint density at radius 3 is 2.47 bits per heavy atom. The molecule has 0 bridgehead atoms. The third-order valence-corrected chi connectivity index (χ3v) is 3.65. The van der Waals surface area contributed by atoms with E-state index in [1.165, 1.54) is 12.1 Å². The van der Waals surface area contributed by atoms with E-state index in [1.54, 1.807) is 0 Å². The average Bonchev–Trinajstić information content (AvgIpc) is 3.04. The molecule has 0 spiro atoms.